The third-order valence-electron chi connectivity index (χ3n) is 3.84. The molecule has 9 heteroatoms. The molecule has 8 nitrogen and oxygen atoms in total. The molecule has 1 heterocycles. The van der Waals surface area contributed by atoms with Gasteiger partial charge in [-0.05, 0) is 24.6 Å². The summed E-state index contributed by atoms with van der Waals surface area (Å²) in [6, 6.07) is 13.6. The third kappa shape index (κ3) is 4.77. The van der Waals surface area contributed by atoms with Crippen LogP contribution in [-0.4, -0.2) is 21.7 Å². The van der Waals surface area contributed by atoms with Gasteiger partial charge in [0, 0.05) is 22.7 Å². The van der Waals surface area contributed by atoms with Crippen LogP contribution in [-0.2, 0) is 11.2 Å². The first-order chi connectivity index (χ1) is 13.4. The fourth-order valence-electron chi connectivity index (χ4n) is 2.51. The number of hydrogen-bond acceptors (Lipinski definition) is 6. The molecule has 0 fully saturated rings. The summed E-state index contributed by atoms with van der Waals surface area (Å²) in [6.45, 7) is 1.59. The number of hydrogen-bond donors (Lipinski definition) is 2. The molecule has 3 aromatic rings. The van der Waals surface area contributed by atoms with Gasteiger partial charge >= 0.3 is 0 Å². The number of aryl methyl sites for hydroxylation is 1. The van der Waals surface area contributed by atoms with Gasteiger partial charge in [-0.15, -0.1) is 11.3 Å². The minimum atomic E-state index is -0.480. The van der Waals surface area contributed by atoms with Gasteiger partial charge in [0.2, 0.25) is 5.91 Å². The summed E-state index contributed by atoms with van der Waals surface area (Å²) in [6.07, 6.45) is 0.212. The van der Waals surface area contributed by atoms with Gasteiger partial charge < -0.3 is 10.6 Å². The van der Waals surface area contributed by atoms with E-state index in [2.05, 4.69) is 15.6 Å². The molecule has 0 unspecified atom stereocenters. The molecule has 0 atom stereocenters. The molecule has 1 aromatic heterocycles. The second kappa shape index (κ2) is 8.40. The molecule has 28 heavy (non-hydrogen) atoms. The van der Waals surface area contributed by atoms with Gasteiger partial charge in [-0.1, -0.05) is 30.3 Å². The molecular formula is C19H16N4O4S. The Labute approximate surface area is 164 Å². The molecule has 0 bridgehead atoms. The Kier molecular flexibility index (Phi) is 5.75. The fourth-order valence-corrected chi connectivity index (χ4v) is 3.22. The average molecular weight is 396 g/mol. The molecule has 0 saturated heterocycles. The normalized spacial score (nSPS) is 10.3. The number of nitro groups is 1. The van der Waals surface area contributed by atoms with Crippen molar-refractivity contribution in [1.82, 2.24) is 4.98 Å². The van der Waals surface area contributed by atoms with E-state index in [9.17, 15) is 19.7 Å². The molecule has 0 aliphatic carbocycles. The Morgan fingerprint density at radius 3 is 2.57 bits per heavy atom. The minimum absolute atomic E-state index is 0.0185. The second-order valence-corrected chi connectivity index (χ2v) is 6.82. The molecule has 3 rings (SSSR count). The number of nitro benzene ring substituents is 1. The average Bonchev–Trinajstić information content (AvgIpc) is 3.10. The van der Waals surface area contributed by atoms with Crippen molar-refractivity contribution in [1.29, 1.82) is 0 Å². The molecule has 0 spiro atoms. The quantitative estimate of drug-likeness (QED) is 0.486. The van der Waals surface area contributed by atoms with Crippen LogP contribution in [0.1, 0.15) is 21.6 Å². The van der Waals surface area contributed by atoms with E-state index in [1.807, 2.05) is 30.3 Å². The van der Waals surface area contributed by atoms with Crippen LogP contribution in [0.4, 0.5) is 16.5 Å². The van der Waals surface area contributed by atoms with Gasteiger partial charge in [0.05, 0.1) is 11.3 Å². The van der Waals surface area contributed by atoms with E-state index >= 15 is 0 Å². The van der Waals surface area contributed by atoms with E-state index in [4.69, 9.17) is 0 Å². The Bertz CT molecular complexity index is 1030. The van der Waals surface area contributed by atoms with Crippen LogP contribution in [0.5, 0.6) is 0 Å². The van der Waals surface area contributed by atoms with Crippen LogP contribution >= 0.6 is 11.3 Å². The highest BCUT2D eigenvalue weighted by Crippen LogP contribution is 2.22. The SMILES string of the molecule is Cc1cc(NC(=O)c2csc(NC(=O)Cc3ccccc3)n2)ccc1[N+](=O)[O-]. The van der Waals surface area contributed by atoms with Gasteiger partial charge in [0.15, 0.2) is 5.13 Å². The molecule has 2 aromatic carbocycles. The topological polar surface area (TPSA) is 114 Å². The smallest absolute Gasteiger partial charge is 0.275 e. The van der Waals surface area contributed by atoms with Gasteiger partial charge in [0.25, 0.3) is 11.6 Å². The predicted molar refractivity (Wildman–Crippen MR) is 107 cm³/mol. The second-order valence-electron chi connectivity index (χ2n) is 5.96. The fraction of sp³-hybridized carbons (Fsp3) is 0.105. The molecular weight excluding hydrogens is 380 g/mol. The van der Waals surface area contributed by atoms with Crippen LogP contribution in [0.2, 0.25) is 0 Å². The van der Waals surface area contributed by atoms with Crippen LogP contribution in [0, 0.1) is 17.0 Å². The van der Waals surface area contributed by atoms with Crippen LogP contribution in [0.25, 0.3) is 0 Å². The molecule has 142 valence electrons. The highest BCUT2D eigenvalue weighted by Gasteiger charge is 2.15. The number of nitrogens with one attached hydrogen (secondary N) is 2. The van der Waals surface area contributed by atoms with Crippen molar-refractivity contribution in [2.24, 2.45) is 0 Å². The van der Waals surface area contributed by atoms with E-state index in [0.717, 1.165) is 16.9 Å². The number of carbonyl (C=O) groups is 2. The van der Waals surface area contributed by atoms with Crippen LogP contribution < -0.4 is 10.6 Å². The number of aromatic nitrogens is 1. The minimum Gasteiger partial charge on any atom is -0.321 e. The summed E-state index contributed by atoms with van der Waals surface area (Å²) in [7, 11) is 0. The standard InChI is InChI=1S/C19H16N4O4S/c1-12-9-14(7-8-16(12)23(26)27)20-18(25)15-11-28-19(21-15)22-17(24)10-13-5-3-2-4-6-13/h2-9,11H,10H2,1H3,(H,20,25)(H,21,22,24). The predicted octanol–water partition coefficient (Wildman–Crippen LogP) is 3.79. The molecule has 0 aliphatic rings. The van der Waals surface area contributed by atoms with Gasteiger partial charge in [-0.2, -0.15) is 0 Å². The number of amides is 2. The highest BCUT2D eigenvalue weighted by molar-refractivity contribution is 7.14. The maximum atomic E-state index is 12.3. The zero-order valence-corrected chi connectivity index (χ0v) is 15.7. The lowest BCUT2D eigenvalue weighted by Gasteiger charge is -2.05. The Morgan fingerprint density at radius 2 is 1.89 bits per heavy atom. The summed E-state index contributed by atoms with van der Waals surface area (Å²) >= 11 is 1.14. The zero-order chi connectivity index (χ0) is 20.1. The van der Waals surface area contributed by atoms with Gasteiger partial charge in [-0.3, -0.25) is 19.7 Å². The van der Waals surface area contributed by atoms with Crippen molar-refractivity contribution in [2.75, 3.05) is 10.6 Å². The number of anilines is 2. The molecule has 0 radical (unpaired) electrons. The van der Waals surface area contributed by atoms with E-state index in [0.29, 0.717) is 16.4 Å². The number of nitrogens with zero attached hydrogens (tertiary/aromatic N) is 2. The first kappa shape index (κ1) is 19.2. The van der Waals surface area contributed by atoms with Crippen molar-refractivity contribution in [3.63, 3.8) is 0 Å². The molecule has 0 saturated carbocycles. The maximum Gasteiger partial charge on any atom is 0.275 e. The third-order valence-corrected chi connectivity index (χ3v) is 4.60. The summed E-state index contributed by atoms with van der Waals surface area (Å²) < 4.78 is 0. The Morgan fingerprint density at radius 1 is 1.14 bits per heavy atom. The van der Waals surface area contributed by atoms with E-state index in [-0.39, 0.29) is 23.7 Å². The van der Waals surface area contributed by atoms with Crippen LogP contribution in [0.3, 0.4) is 0 Å². The first-order valence-electron chi connectivity index (χ1n) is 8.28. The van der Waals surface area contributed by atoms with Crippen molar-refractivity contribution in [2.45, 2.75) is 13.3 Å². The molecule has 2 amide bonds. The lowest BCUT2D eigenvalue weighted by Crippen LogP contribution is -2.15. The monoisotopic (exact) mass is 396 g/mol. The van der Waals surface area contributed by atoms with Crippen molar-refractivity contribution in [3.05, 3.63) is 80.8 Å². The number of rotatable bonds is 6. The molecule has 2 N–H and O–H groups in total. The molecule has 0 aliphatic heterocycles. The summed E-state index contributed by atoms with van der Waals surface area (Å²) in [4.78, 5) is 38.9. The van der Waals surface area contributed by atoms with Gasteiger partial charge in [0.1, 0.15) is 5.69 Å². The number of benzene rings is 2. The highest BCUT2D eigenvalue weighted by atomic mass is 32.1. The lowest BCUT2D eigenvalue weighted by atomic mass is 10.1. The first-order valence-corrected chi connectivity index (χ1v) is 9.16. The number of thiazole rings is 1. The van der Waals surface area contributed by atoms with Crippen molar-refractivity contribution >= 4 is 39.7 Å². The largest absolute Gasteiger partial charge is 0.321 e. The summed E-state index contributed by atoms with van der Waals surface area (Å²) in [5.41, 5.74) is 1.87. The van der Waals surface area contributed by atoms with Gasteiger partial charge in [-0.25, -0.2) is 4.98 Å². The van der Waals surface area contributed by atoms with E-state index < -0.39 is 10.8 Å². The zero-order valence-electron chi connectivity index (χ0n) is 14.8. The summed E-state index contributed by atoms with van der Waals surface area (Å²) in [5.74, 6) is -0.688. The number of carbonyl (C=O) groups excluding carboxylic acids is 2. The van der Waals surface area contributed by atoms with E-state index in [1.54, 1.807) is 6.92 Å². The lowest BCUT2D eigenvalue weighted by molar-refractivity contribution is -0.385. The van der Waals surface area contributed by atoms with Crippen molar-refractivity contribution < 1.29 is 14.5 Å². The summed E-state index contributed by atoms with van der Waals surface area (Å²) in [5, 5.41) is 18.0. The Hall–Kier alpha value is -3.59. The van der Waals surface area contributed by atoms with E-state index in [1.165, 1.54) is 23.6 Å². The maximum absolute atomic E-state index is 12.3. The Balaban J connectivity index is 1.61. The van der Waals surface area contributed by atoms with Crippen molar-refractivity contribution in [3.8, 4) is 0 Å². The van der Waals surface area contributed by atoms with Crippen LogP contribution in [0.15, 0.2) is 53.9 Å².